The maximum absolute atomic E-state index is 14.7. The first-order valence-electron chi connectivity index (χ1n) is 13.3. The summed E-state index contributed by atoms with van der Waals surface area (Å²) in [5, 5.41) is 15.9. The molecule has 1 N–H and O–H groups in total. The first-order valence-corrected chi connectivity index (χ1v) is 13.3. The highest BCUT2D eigenvalue weighted by Crippen LogP contribution is 2.42. The lowest BCUT2D eigenvalue weighted by Crippen LogP contribution is -2.27. The standard InChI is InChI=1S/C31H31F2N3O3/c1-17-28(18(2)39-35-17)21-14-27-29(34-16-21)23-7-6-22(31(3,4)37)15-26(23)36(27)30(19-9-11-38-12-10-19)20-5-8-24(32)25(33)13-20/h5-8,13-16,19,30,37H,9-12H2,1-4H3. The van der Waals surface area contributed by atoms with Crippen molar-refractivity contribution in [1.29, 1.82) is 0 Å². The van der Waals surface area contributed by atoms with Crippen molar-refractivity contribution in [3.8, 4) is 11.1 Å². The zero-order chi connectivity index (χ0) is 27.5. The Morgan fingerprint density at radius 2 is 1.77 bits per heavy atom. The van der Waals surface area contributed by atoms with Gasteiger partial charge >= 0.3 is 0 Å². The summed E-state index contributed by atoms with van der Waals surface area (Å²) in [6.45, 7) is 8.46. The number of ether oxygens (including phenoxy) is 1. The third-order valence-electron chi connectivity index (χ3n) is 7.94. The van der Waals surface area contributed by atoms with Gasteiger partial charge in [0.15, 0.2) is 11.6 Å². The van der Waals surface area contributed by atoms with Gasteiger partial charge in [-0.15, -0.1) is 0 Å². The number of fused-ring (bicyclic) bond motifs is 3. The average molecular weight is 532 g/mol. The number of aryl methyl sites for hydroxylation is 2. The fourth-order valence-electron chi connectivity index (χ4n) is 5.98. The van der Waals surface area contributed by atoms with Crippen molar-refractivity contribution >= 4 is 21.9 Å². The van der Waals surface area contributed by atoms with Gasteiger partial charge in [0.25, 0.3) is 0 Å². The minimum Gasteiger partial charge on any atom is -0.386 e. The number of hydrogen-bond acceptors (Lipinski definition) is 5. The highest BCUT2D eigenvalue weighted by atomic mass is 19.2. The van der Waals surface area contributed by atoms with Crippen LogP contribution in [-0.4, -0.2) is 33.0 Å². The molecule has 1 aliphatic heterocycles. The Morgan fingerprint density at radius 3 is 2.44 bits per heavy atom. The summed E-state index contributed by atoms with van der Waals surface area (Å²) in [4.78, 5) is 4.90. The zero-order valence-corrected chi connectivity index (χ0v) is 22.5. The Hall–Kier alpha value is -3.62. The van der Waals surface area contributed by atoms with Crippen LogP contribution < -0.4 is 0 Å². The molecule has 0 aliphatic carbocycles. The monoisotopic (exact) mass is 531 g/mol. The first kappa shape index (κ1) is 25.6. The predicted octanol–water partition coefficient (Wildman–Crippen LogP) is 6.98. The highest BCUT2D eigenvalue weighted by Gasteiger charge is 2.31. The number of nitrogens with zero attached hydrogens (tertiary/aromatic N) is 3. The van der Waals surface area contributed by atoms with Gasteiger partial charge in [0.1, 0.15) is 5.76 Å². The van der Waals surface area contributed by atoms with E-state index < -0.39 is 17.2 Å². The Balaban J connectivity index is 1.70. The molecule has 1 atom stereocenters. The van der Waals surface area contributed by atoms with Gasteiger partial charge in [-0.3, -0.25) is 4.98 Å². The van der Waals surface area contributed by atoms with Crippen molar-refractivity contribution in [2.24, 2.45) is 5.92 Å². The fraction of sp³-hybridized carbons (Fsp3) is 0.355. The summed E-state index contributed by atoms with van der Waals surface area (Å²) in [6, 6.07) is 11.8. The van der Waals surface area contributed by atoms with E-state index >= 15 is 0 Å². The van der Waals surface area contributed by atoms with E-state index in [0.717, 1.165) is 57.2 Å². The topological polar surface area (TPSA) is 73.3 Å². The second kappa shape index (κ2) is 9.54. The minimum absolute atomic E-state index is 0.107. The van der Waals surface area contributed by atoms with Crippen LogP contribution in [0.1, 0.15) is 55.3 Å². The lowest BCUT2D eigenvalue weighted by atomic mass is 9.86. The van der Waals surface area contributed by atoms with Crippen LogP contribution in [0, 0.1) is 31.4 Å². The van der Waals surface area contributed by atoms with Crippen LogP contribution in [-0.2, 0) is 10.3 Å². The van der Waals surface area contributed by atoms with Crippen molar-refractivity contribution in [3.63, 3.8) is 0 Å². The van der Waals surface area contributed by atoms with E-state index in [1.54, 1.807) is 19.9 Å². The fourth-order valence-corrected chi connectivity index (χ4v) is 5.98. The molecular weight excluding hydrogens is 500 g/mol. The molecule has 6 nitrogen and oxygen atoms in total. The van der Waals surface area contributed by atoms with E-state index in [1.165, 1.54) is 12.1 Å². The van der Waals surface area contributed by atoms with E-state index in [9.17, 15) is 13.9 Å². The molecule has 0 amide bonds. The maximum Gasteiger partial charge on any atom is 0.159 e. The Bertz CT molecular complexity index is 1670. The number of hydrogen-bond donors (Lipinski definition) is 1. The average Bonchev–Trinajstić information content (AvgIpc) is 3.42. The quantitative estimate of drug-likeness (QED) is 0.265. The van der Waals surface area contributed by atoms with Crippen LogP contribution >= 0.6 is 0 Å². The molecule has 0 radical (unpaired) electrons. The van der Waals surface area contributed by atoms with Gasteiger partial charge in [0.2, 0.25) is 0 Å². The third-order valence-corrected chi connectivity index (χ3v) is 7.94. The SMILES string of the molecule is Cc1noc(C)c1-c1cnc2c3ccc(C(C)(C)O)cc3n(C(c3ccc(F)c(F)c3)C3CCOCC3)c2c1. The highest BCUT2D eigenvalue weighted by molar-refractivity contribution is 6.07. The normalized spacial score (nSPS) is 15.9. The van der Waals surface area contributed by atoms with E-state index in [4.69, 9.17) is 14.2 Å². The smallest absolute Gasteiger partial charge is 0.159 e. The van der Waals surface area contributed by atoms with Crippen molar-refractivity contribution in [1.82, 2.24) is 14.7 Å². The number of halogens is 2. The molecule has 0 saturated carbocycles. The first-order chi connectivity index (χ1) is 18.6. The number of benzene rings is 2. The molecule has 0 bridgehead atoms. The molecule has 1 aliphatic rings. The molecule has 0 spiro atoms. The van der Waals surface area contributed by atoms with E-state index in [0.29, 0.717) is 24.5 Å². The Morgan fingerprint density at radius 1 is 1.00 bits per heavy atom. The van der Waals surface area contributed by atoms with Crippen LogP contribution in [0.3, 0.4) is 0 Å². The molecule has 39 heavy (non-hydrogen) atoms. The summed E-state index contributed by atoms with van der Waals surface area (Å²) in [6.07, 6.45) is 3.36. The van der Waals surface area contributed by atoms with Gasteiger partial charge in [0.05, 0.1) is 33.9 Å². The third kappa shape index (κ3) is 4.41. The van der Waals surface area contributed by atoms with Crippen molar-refractivity contribution in [2.45, 2.75) is 52.2 Å². The van der Waals surface area contributed by atoms with Gasteiger partial charge < -0.3 is 18.9 Å². The van der Waals surface area contributed by atoms with Crippen LogP contribution in [0.2, 0.25) is 0 Å². The van der Waals surface area contributed by atoms with Crippen LogP contribution in [0.4, 0.5) is 8.78 Å². The number of aliphatic hydroxyl groups is 1. The van der Waals surface area contributed by atoms with Gasteiger partial charge in [-0.25, -0.2) is 8.78 Å². The van der Waals surface area contributed by atoms with Crippen molar-refractivity contribution < 1.29 is 23.1 Å². The van der Waals surface area contributed by atoms with Gasteiger partial charge in [0, 0.05) is 35.9 Å². The predicted molar refractivity (Wildman–Crippen MR) is 145 cm³/mol. The van der Waals surface area contributed by atoms with Crippen molar-refractivity contribution in [2.75, 3.05) is 13.2 Å². The second-order valence-electron chi connectivity index (χ2n) is 11.0. The molecule has 1 saturated heterocycles. The molecule has 1 fully saturated rings. The summed E-state index contributed by atoms with van der Waals surface area (Å²) in [7, 11) is 0. The van der Waals surface area contributed by atoms with Crippen LogP contribution in [0.5, 0.6) is 0 Å². The molecule has 4 heterocycles. The maximum atomic E-state index is 14.7. The number of rotatable bonds is 5. The molecule has 8 heteroatoms. The summed E-state index contributed by atoms with van der Waals surface area (Å²) >= 11 is 0. The van der Waals surface area contributed by atoms with Crippen LogP contribution in [0.15, 0.2) is 53.2 Å². The lowest BCUT2D eigenvalue weighted by molar-refractivity contribution is 0.0552. The molecule has 5 aromatic rings. The summed E-state index contributed by atoms with van der Waals surface area (Å²) < 4.78 is 42.0. The molecule has 6 rings (SSSR count). The van der Waals surface area contributed by atoms with Gasteiger partial charge in [-0.05, 0) is 81.8 Å². The minimum atomic E-state index is -1.07. The van der Waals surface area contributed by atoms with E-state index in [1.807, 2.05) is 38.2 Å². The van der Waals surface area contributed by atoms with Gasteiger partial charge in [-0.1, -0.05) is 23.4 Å². The zero-order valence-electron chi connectivity index (χ0n) is 22.5. The Kier molecular flexibility index (Phi) is 6.27. The summed E-state index contributed by atoms with van der Waals surface area (Å²) in [5.41, 5.74) is 5.39. The van der Waals surface area contributed by atoms with E-state index in [-0.39, 0.29) is 12.0 Å². The van der Waals surface area contributed by atoms with Crippen molar-refractivity contribution in [3.05, 3.63) is 82.9 Å². The van der Waals surface area contributed by atoms with Gasteiger partial charge in [-0.2, -0.15) is 0 Å². The molecule has 202 valence electrons. The Labute approximate surface area is 225 Å². The van der Waals surface area contributed by atoms with Crippen LogP contribution in [0.25, 0.3) is 33.1 Å². The number of aromatic nitrogens is 3. The summed E-state index contributed by atoms with van der Waals surface area (Å²) in [5.74, 6) is -0.950. The molecule has 2 aromatic carbocycles. The number of pyridine rings is 1. The molecule has 1 unspecified atom stereocenters. The lowest BCUT2D eigenvalue weighted by Gasteiger charge is -2.33. The largest absolute Gasteiger partial charge is 0.386 e. The second-order valence-corrected chi connectivity index (χ2v) is 11.0. The van der Waals surface area contributed by atoms with E-state index in [2.05, 4.69) is 15.8 Å². The molecular formula is C31H31F2N3O3. The molecule has 3 aromatic heterocycles.